The number of carbonyl (C=O) groups excluding carboxylic acids is 1. The number of ether oxygens (including phenoxy) is 2. The number of rotatable bonds is 7. The van der Waals surface area contributed by atoms with Gasteiger partial charge < -0.3 is 14.4 Å². The number of hydrogen-bond donors (Lipinski definition) is 0. The Kier molecular flexibility index (Phi) is 6.53. The summed E-state index contributed by atoms with van der Waals surface area (Å²) in [6.45, 7) is 5.38. The van der Waals surface area contributed by atoms with E-state index in [1.165, 1.54) is 0 Å². The van der Waals surface area contributed by atoms with Gasteiger partial charge in [-0.25, -0.2) is 0 Å². The summed E-state index contributed by atoms with van der Waals surface area (Å²) in [7, 11) is 0. The van der Waals surface area contributed by atoms with Crippen LogP contribution in [-0.4, -0.2) is 41.7 Å². The summed E-state index contributed by atoms with van der Waals surface area (Å²) < 4.78 is 11.9. The van der Waals surface area contributed by atoms with Crippen LogP contribution in [0.4, 0.5) is 0 Å². The van der Waals surface area contributed by atoms with Crippen molar-refractivity contribution in [3.63, 3.8) is 0 Å². The van der Waals surface area contributed by atoms with E-state index in [4.69, 9.17) is 21.1 Å². The molecule has 3 rings (SSSR count). The zero-order chi connectivity index (χ0) is 19.3. The van der Waals surface area contributed by atoms with Gasteiger partial charge in [-0.15, -0.1) is 11.6 Å². The van der Waals surface area contributed by atoms with Crippen LogP contribution in [0.25, 0.3) is 0 Å². The molecule has 1 saturated heterocycles. The largest absolute Gasteiger partial charge is 0.348 e. The van der Waals surface area contributed by atoms with Crippen molar-refractivity contribution >= 4 is 17.5 Å². The van der Waals surface area contributed by atoms with Crippen molar-refractivity contribution in [1.29, 1.82) is 0 Å². The summed E-state index contributed by atoms with van der Waals surface area (Å²) in [5, 5.41) is 0. The fraction of sp³-hybridized carbons (Fsp3) is 0.409. The molecule has 4 nitrogen and oxygen atoms in total. The van der Waals surface area contributed by atoms with Gasteiger partial charge in [-0.3, -0.25) is 4.79 Å². The van der Waals surface area contributed by atoms with E-state index < -0.39 is 5.79 Å². The van der Waals surface area contributed by atoms with Crippen LogP contribution in [0.2, 0.25) is 0 Å². The lowest BCUT2D eigenvalue weighted by molar-refractivity contribution is -0.142. The highest BCUT2D eigenvalue weighted by Crippen LogP contribution is 2.33. The fourth-order valence-corrected chi connectivity index (χ4v) is 3.60. The Labute approximate surface area is 166 Å². The maximum absolute atomic E-state index is 12.5. The quantitative estimate of drug-likeness (QED) is 0.668. The Balaban J connectivity index is 1.84. The minimum absolute atomic E-state index is 0.00357. The van der Waals surface area contributed by atoms with Gasteiger partial charge in [-0.1, -0.05) is 60.7 Å². The summed E-state index contributed by atoms with van der Waals surface area (Å²) in [4.78, 5) is 14.4. The molecular formula is C22H26ClNO3. The molecule has 1 fully saturated rings. The zero-order valence-electron chi connectivity index (χ0n) is 15.8. The molecule has 1 aliphatic rings. The van der Waals surface area contributed by atoms with Gasteiger partial charge in [0.2, 0.25) is 5.91 Å². The van der Waals surface area contributed by atoms with Crippen molar-refractivity contribution in [2.45, 2.75) is 38.2 Å². The van der Waals surface area contributed by atoms with Crippen LogP contribution >= 0.6 is 11.6 Å². The first-order valence-corrected chi connectivity index (χ1v) is 9.76. The monoisotopic (exact) mass is 387 g/mol. The maximum atomic E-state index is 12.5. The molecule has 2 aromatic carbocycles. The maximum Gasteiger partial charge on any atom is 0.237 e. The third-order valence-corrected chi connectivity index (χ3v) is 5.04. The van der Waals surface area contributed by atoms with Crippen molar-refractivity contribution in [3.8, 4) is 0 Å². The fourth-order valence-electron chi connectivity index (χ4n) is 3.43. The summed E-state index contributed by atoms with van der Waals surface area (Å²) >= 11 is 5.90. The Morgan fingerprint density at radius 3 is 2.33 bits per heavy atom. The summed E-state index contributed by atoms with van der Waals surface area (Å²) in [5.74, 6) is -0.733. The van der Waals surface area contributed by atoms with Crippen LogP contribution in [0.3, 0.4) is 0 Å². The van der Waals surface area contributed by atoms with Gasteiger partial charge in [0.1, 0.15) is 5.88 Å². The van der Waals surface area contributed by atoms with E-state index in [0.717, 1.165) is 11.1 Å². The topological polar surface area (TPSA) is 38.8 Å². The number of nitrogens with zero attached hydrogens (tertiary/aromatic N) is 1. The van der Waals surface area contributed by atoms with Crippen LogP contribution in [0, 0.1) is 0 Å². The molecular weight excluding hydrogens is 362 g/mol. The Morgan fingerprint density at radius 2 is 1.78 bits per heavy atom. The molecule has 0 aromatic heterocycles. The van der Waals surface area contributed by atoms with E-state index in [2.05, 4.69) is 12.1 Å². The first kappa shape index (κ1) is 19.9. The molecule has 1 amide bonds. The lowest BCUT2D eigenvalue weighted by Gasteiger charge is -2.31. The number of hydrogen-bond acceptors (Lipinski definition) is 3. The van der Waals surface area contributed by atoms with E-state index in [1.54, 1.807) is 0 Å². The van der Waals surface area contributed by atoms with Crippen LogP contribution in [0.15, 0.2) is 60.7 Å². The molecule has 2 aromatic rings. The standard InChI is InChI=1S/C22H26ClNO3/c1-22(2)26-16-20(27-22)19(18-11-7-4-8-12-18)15-24(21(25)13-23)14-17-9-5-3-6-10-17/h3-12,19-20H,13-16H2,1-2H3/t19-,20-/m0/s1. The molecule has 0 radical (unpaired) electrons. The van der Waals surface area contributed by atoms with Gasteiger partial charge in [0, 0.05) is 19.0 Å². The molecule has 144 valence electrons. The Hall–Kier alpha value is -1.88. The minimum Gasteiger partial charge on any atom is -0.348 e. The molecule has 0 unspecified atom stereocenters. The van der Waals surface area contributed by atoms with E-state index in [9.17, 15) is 4.79 Å². The predicted octanol–water partition coefficient (Wildman–Crippen LogP) is 4.19. The van der Waals surface area contributed by atoms with E-state index in [-0.39, 0.29) is 23.8 Å². The van der Waals surface area contributed by atoms with Gasteiger partial charge in [0.05, 0.1) is 12.7 Å². The normalized spacial score (nSPS) is 19.6. The first-order valence-electron chi connectivity index (χ1n) is 9.23. The van der Waals surface area contributed by atoms with Gasteiger partial charge in [-0.05, 0) is 25.0 Å². The molecule has 0 saturated carbocycles. The van der Waals surface area contributed by atoms with Crippen LogP contribution < -0.4 is 0 Å². The molecule has 1 heterocycles. The predicted molar refractivity (Wildman–Crippen MR) is 107 cm³/mol. The molecule has 5 heteroatoms. The highest BCUT2D eigenvalue weighted by molar-refractivity contribution is 6.27. The van der Waals surface area contributed by atoms with Gasteiger partial charge in [0.25, 0.3) is 0 Å². The summed E-state index contributed by atoms with van der Waals surface area (Å²) in [6.07, 6.45) is -0.121. The van der Waals surface area contributed by atoms with E-state index in [0.29, 0.717) is 19.7 Å². The first-order chi connectivity index (χ1) is 13.0. The van der Waals surface area contributed by atoms with Crippen molar-refractivity contribution in [2.75, 3.05) is 19.0 Å². The van der Waals surface area contributed by atoms with Gasteiger partial charge in [0.15, 0.2) is 5.79 Å². The van der Waals surface area contributed by atoms with E-state index in [1.807, 2.05) is 67.3 Å². The van der Waals surface area contributed by atoms with Crippen LogP contribution in [0.1, 0.15) is 30.9 Å². The summed E-state index contributed by atoms with van der Waals surface area (Å²) in [5.41, 5.74) is 2.20. The third kappa shape index (κ3) is 5.32. The molecule has 0 bridgehead atoms. The molecule has 0 spiro atoms. The van der Waals surface area contributed by atoms with Gasteiger partial charge >= 0.3 is 0 Å². The average Bonchev–Trinajstić information content (AvgIpc) is 3.05. The molecule has 0 N–H and O–H groups in total. The highest BCUT2D eigenvalue weighted by atomic mass is 35.5. The minimum atomic E-state index is -0.613. The zero-order valence-corrected chi connectivity index (χ0v) is 16.6. The second-order valence-corrected chi connectivity index (χ2v) is 7.55. The number of carbonyl (C=O) groups is 1. The molecule has 2 atom stereocenters. The molecule has 1 aliphatic heterocycles. The molecule has 27 heavy (non-hydrogen) atoms. The van der Waals surface area contributed by atoms with Gasteiger partial charge in [-0.2, -0.15) is 0 Å². The van der Waals surface area contributed by atoms with Crippen molar-refractivity contribution in [3.05, 3.63) is 71.8 Å². The van der Waals surface area contributed by atoms with Crippen molar-refractivity contribution < 1.29 is 14.3 Å². The Morgan fingerprint density at radius 1 is 1.15 bits per heavy atom. The lowest BCUT2D eigenvalue weighted by Crippen LogP contribution is -2.39. The molecule has 0 aliphatic carbocycles. The second-order valence-electron chi connectivity index (χ2n) is 7.28. The number of alkyl halides is 1. The van der Waals surface area contributed by atoms with E-state index >= 15 is 0 Å². The van der Waals surface area contributed by atoms with Crippen molar-refractivity contribution in [2.24, 2.45) is 0 Å². The van der Waals surface area contributed by atoms with Crippen molar-refractivity contribution in [1.82, 2.24) is 4.90 Å². The second kappa shape index (κ2) is 8.87. The smallest absolute Gasteiger partial charge is 0.237 e. The number of benzene rings is 2. The number of halogens is 1. The average molecular weight is 388 g/mol. The van der Waals surface area contributed by atoms with Crippen LogP contribution in [-0.2, 0) is 20.8 Å². The Bertz CT molecular complexity index is 736. The summed E-state index contributed by atoms with van der Waals surface area (Å²) in [6, 6.07) is 20.1. The number of amides is 1. The SMILES string of the molecule is CC1(C)OC[C@@H]([C@@H](CN(Cc2ccccc2)C(=O)CCl)c2ccccc2)O1. The third-order valence-electron chi connectivity index (χ3n) is 4.81. The van der Waals surface area contributed by atoms with Crippen LogP contribution in [0.5, 0.6) is 0 Å². The lowest BCUT2D eigenvalue weighted by atomic mass is 9.92. The highest BCUT2D eigenvalue weighted by Gasteiger charge is 2.39.